The molecule has 1 rings (SSSR count). The molecule has 0 bridgehead atoms. The van der Waals surface area contributed by atoms with Crippen LogP contribution in [0.15, 0.2) is 18.2 Å². The average Bonchev–Trinajstić information content (AvgIpc) is 2.26. The van der Waals surface area contributed by atoms with Crippen molar-refractivity contribution >= 4 is 17.6 Å². The lowest BCUT2D eigenvalue weighted by molar-refractivity contribution is -0.142. The second-order valence-electron chi connectivity index (χ2n) is 3.36. The number of carbonyl (C=O) groups excluding carboxylic acids is 1. The molecule has 3 nitrogen and oxygen atoms in total. The van der Waals surface area contributed by atoms with Gasteiger partial charge in [-0.25, -0.2) is 4.39 Å². The Balaban J connectivity index is 2.58. The molecule has 0 saturated heterocycles. The van der Waals surface area contributed by atoms with E-state index in [1.807, 2.05) is 0 Å². The van der Waals surface area contributed by atoms with Crippen LogP contribution in [0.3, 0.4) is 0 Å². The maximum absolute atomic E-state index is 13.3. The maximum Gasteiger partial charge on any atom is 0.322 e. The lowest BCUT2D eigenvalue weighted by Crippen LogP contribution is -2.34. The van der Waals surface area contributed by atoms with Crippen LogP contribution < -0.4 is 5.32 Å². The van der Waals surface area contributed by atoms with Gasteiger partial charge < -0.3 is 10.1 Å². The third-order valence-electron chi connectivity index (χ3n) is 2.17. The smallest absolute Gasteiger partial charge is 0.322 e. The van der Waals surface area contributed by atoms with Crippen LogP contribution in [-0.2, 0) is 16.1 Å². The van der Waals surface area contributed by atoms with E-state index in [4.69, 9.17) is 11.6 Å². The molecular formula is C11H13ClFNO2. The molecule has 1 N–H and O–H groups in total. The van der Waals surface area contributed by atoms with Gasteiger partial charge in [0.1, 0.15) is 11.9 Å². The third kappa shape index (κ3) is 3.47. The molecule has 0 fully saturated rings. The van der Waals surface area contributed by atoms with Crippen LogP contribution in [0, 0.1) is 5.82 Å². The molecule has 0 saturated carbocycles. The summed E-state index contributed by atoms with van der Waals surface area (Å²) in [7, 11) is 1.31. The van der Waals surface area contributed by atoms with Gasteiger partial charge in [0.15, 0.2) is 0 Å². The van der Waals surface area contributed by atoms with E-state index in [9.17, 15) is 9.18 Å². The number of hydrogen-bond acceptors (Lipinski definition) is 3. The molecule has 0 aliphatic rings. The van der Waals surface area contributed by atoms with Gasteiger partial charge in [0.05, 0.1) is 7.11 Å². The summed E-state index contributed by atoms with van der Waals surface area (Å²) in [5.74, 6) is -0.772. The predicted octanol–water partition coefficient (Wildman–Crippen LogP) is 2.13. The number of ether oxygens (including phenoxy) is 1. The Hall–Kier alpha value is -1.13. The van der Waals surface area contributed by atoms with Crippen molar-refractivity contribution in [3.63, 3.8) is 0 Å². The summed E-state index contributed by atoms with van der Waals surface area (Å²) in [5, 5.41) is 3.20. The predicted molar refractivity (Wildman–Crippen MR) is 59.7 cm³/mol. The first kappa shape index (κ1) is 12.9. The molecule has 1 aromatic rings. The van der Waals surface area contributed by atoms with Crippen molar-refractivity contribution < 1.29 is 13.9 Å². The van der Waals surface area contributed by atoms with Gasteiger partial charge in [-0.2, -0.15) is 0 Å². The zero-order valence-corrected chi connectivity index (χ0v) is 9.84. The second kappa shape index (κ2) is 5.82. The Kier molecular flexibility index (Phi) is 4.71. The lowest BCUT2D eigenvalue weighted by atomic mass is 10.2. The molecule has 0 amide bonds. The number of rotatable bonds is 4. The number of benzene rings is 1. The topological polar surface area (TPSA) is 38.3 Å². The van der Waals surface area contributed by atoms with Gasteiger partial charge in [-0.1, -0.05) is 17.7 Å². The van der Waals surface area contributed by atoms with Gasteiger partial charge in [-0.05, 0) is 19.1 Å². The molecule has 0 spiro atoms. The third-order valence-corrected chi connectivity index (χ3v) is 2.40. The Morgan fingerprint density at radius 1 is 1.62 bits per heavy atom. The van der Waals surface area contributed by atoms with Gasteiger partial charge in [0.25, 0.3) is 0 Å². The minimum absolute atomic E-state index is 0.249. The van der Waals surface area contributed by atoms with Crippen LogP contribution in [0.1, 0.15) is 12.5 Å². The molecule has 0 aliphatic heterocycles. The van der Waals surface area contributed by atoms with Gasteiger partial charge in [-0.15, -0.1) is 0 Å². The highest BCUT2D eigenvalue weighted by molar-refractivity contribution is 6.30. The van der Waals surface area contributed by atoms with E-state index in [0.717, 1.165) is 0 Å². The minimum atomic E-state index is -0.472. The maximum atomic E-state index is 13.3. The Bertz CT molecular complexity index is 384. The first-order valence-electron chi connectivity index (χ1n) is 4.79. The van der Waals surface area contributed by atoms with E-state index in [2.05, 4.69) is 10.1 Å². The number of halogens is 2. The molecule has 0 unspecified atom stereocenters. The van der Waals surface area contributed by atoms with Crippen molar-refractivity contribution in [3.05, 3.63) is 34.6 Å². The Morgan fingerprint density at radius 3 is 2.88 bits per heavy atom. The van der Waals surface area contributed by atoms with E-state index < -0.39 is 11.9 Å². The number of methoxy groups -OCH3 is 1. The fourth-order valence-electron chi connectivity index (χ4n) is 1.19. The quantitative estimate of drug-likeness (QED) is 0.826. The highest BCUT2D eigenvalue weighted by Crippen LogP contribution is 2.14. The Labute approximate surface area is 98.5 Å². The van der Waals surface area contributed by atoms with Crippen molar-refractivity contribution in [1.82, 2.24) is 5.32 Å². The first-order chi connectivity index (χ1) is 7.54. The highest BCUT2D eigenvalue weighted by atomic mass is 35.5. The van der Waals surface area contributed by atoms with E-state index >= 15 is 0 Å². The molecule has 88 valence electrons. The monoisotopic (exact) mass is 245 g/mol. The Morgan fingerprint density at radius 2 is 2.31 bits per heavy atom. The van der Waals surface area contributed by atoms with Crippen LogP contribution in [0.4, 0.5) is 4.39 Å². The summed E-state index contributed by atoms with van der Waals surface area (Å²) < 4.78 is 17.9. The molecule has 16 heavy (non-hydrogen) atoms. The summed E-state index contributed by atoms with van der Waals surface area (Å²) in [5.41, 5.74) is 0.458. The second-order valence-corrected chi connectivity index (χ2v) is 3.80. The molecule has 0 aromatic heterocycles. The van der Waals surface area contributed by atoms with Crippen LogP contribution >= 0.6 is 11.6 Å². The zero-order chi connectivity index (χ0) is 12.1. The fourth-order valence-corrected chi connectivity index (χ4v) is 1.35. The highest BCUT2D eigenvalue weighted by Gasteiger charge is 2.12. The van der Waals surface area contributed by atoms with Crippen LogP contribution in [0.2, 0.25) is 5.02 Å². The van der Waals surface area contributed by atoms with Crippen molar-refractivity contribution in [2.75, 3.05) is 7.11 Å². The van der Waals surface area contributed by atoms with Crippen molar-refractivity contribution in [3.8, 4) is 0 Å². The summed E-state index contributed by atoms with van der Waals surface area (Å²) in [4.78, 5) is 11.1. The van der Waals surface area contributed by atoms with Crippen molar-refractivity contribution in [1.29, 1.82) is 0 Å². The molecule has 1 atom stereocenters. The molecule has 0 radical (unpaired) electrons. The average molecular weight is 246 g/mol. The number of carbonyl (C=O) groups is 1. The van der Waals surface area contributed by atoms with E-state index in [1.54, 1.807) is 19.1 Å². The summed E-state index contributed by atoms with van der Waals surface area (Å²) in [6.07, 6.45) is 0. The van der Waals surface area contributed by atoms with Gasteiger partial charge in [-0.3, -0.25) is 4.79 Å². The summed E-state index contributed by atoms with van der Waals surface area (Å²) in [6.45, 7) is 1.90. The van der Waals surface area contributed by atoms with Crippen molar-refractivity contribution in [2.45, 2.75) is 19.5 Å². The molecule has 0 aliphatic carbocycles. The van der Waals surface area contributed by atoms with Gasteiger partial charge >= 0.3 is 5.97 Å². The van der Waals surface area contributed by atoms with Crippen LogP contribution in [-0.4, -0.2) is 19.1 Å². The summed E-state index contributed by atoms with van der Waals surface area (Å²) >= 11 is 5.62. The zero-order valence-electron chi connectivity index (χ0n) is 9.09. The fraction of sp³-hybridized carbons (Fsp3) is 0.364. The number of nitrogens with one attached hydrogen (secondary N) is 1. The normalized spacial score (nSPS) is 12.2. The van der Waals surface area contributed by atoms with Gasteiger partial charge in [0, 0.05) is 17.1 Å². The molecular weight excluding hydrogens is 233 g/mol. The van der Waals surface area contributed by atoms with E-state index in [0.29, 0.717) is 10.6 Å². The first-order valence-corrected chi connectivity index (χ1v) is 5.17. The standard InChI is InChI=1S/C11H13ClFNO2/c1-7(11(15)16-2)14-6-8-3-4-9(12)5-10(8)13/h3-5,7,14H,6H2,1-2H3/t7-/m0/s1. The van der Waals surface area contributed by atoms with Crippen LogP contribution in [0.5, 0.6) is 0 Å². The van der Waals surface area contributed by atoms with Gasteiger partial charge in [0.2, 0.25) is 0 Å². The number of hydrogen-bond donors (Lipinski definition) is 1. The van der Waals surface area contributed by atoms with Crippen molar-refractivity contribution in [2.24, 2.45) is 0 Å². The van der Waals surface area contributed by atoms with Crippen LogP contribution in [0.25, 0.3) is 0 Å². The number of esters is 1. The molecule has 0 heterocycles. The summed E-state index contributed by atoms with van der Waals surface area (Å²) in [6, 6.07) is 3.95. The van der Waals surface area contributed by atoms with E-state index in [-0.39, 0.29) is 12.5 Å². The molecule has 5 heteroatoms. The molecule has 1 aromatic carbocycles. The lowest BCUT2D eigenvalue weighted by Gasteiger charge is -2.11. The minimum Gasteiger partial charge on any atom is -0.468 e. The largest absolute Gasteiger partial charge is 0.468 e. The van der Waals surface area contributed by atoms with E-state index in [1.165, 1.54) is 13.2 Å². The SMILES string of the molecule is COC(=O)[C@H](C)NCc1ccc(Cl)cc1F.